The summed E-state index contributed by atoms with van der Waals surface area (Å²) in [4.78, 5) is 0. The van der Waals surface area contributed by atoms with Crippen molar-refractivity contribution in [3.63, 3.8) is 0 Å². The Morgan fingerprint density at radius 1 is 1.00 bits per heavy atom. The van der Waals surface area contributed by atoms with E-state index in [4.69, 9.17) is 0 Å². The second kappa shape index (κ2) is 7.31. The van der Waals surface area contributed by atoms with Crippen LogP contribution in [0.5, 0.6) is 0 Å². The maximum absolute atomic E-state index is 2.38. The minimum atomic E-state index is 1.07. The zero-order valence-electron chi connectivity index (χ0n) is 10.2. The first-order valence-corrected chi connectivity index (χ1v) is 6.88. The van der Waals surface area contributed by atoms with E-state index in [0.717, 1.165) is 11.8 Å². The molecule has 0 N–H and O–H groups in total. The third kappa shape index (κ3) is 4.02. The maximum Gasteiger partial charge on any atom is -0.0386 e. The first-order valence-electron chi connectivity index (χ1n) is 6.88. The molecule has 0 bridgehead atoms. The lowest BCUT2D eigenvalue weighted by atomic mass is 9.73. The monoisotopic (exact) mass is 196 g/mol. The molecule has 14 heavy (non-hydrogen) atoms. The van der Waals surface area contributed by atoms with Crippen molar-refractivity contribution >= 4 is 0 Å². The maximum atomic E-state index is 2.38. The average molecular weight is 196 g/mol. The quantitative estimate of drug-likeness (QED) is 0.470. The molecule has 1 unspecified atom stereocenters. The molecule has 0 radical (unpaired) electrons. The zero-order chi connectivity index (χ0) is 10.2. The van der Waals surface area contributed by atoms with Crippen molar-refractivity contribution in [1.82, 2.24) is 0 Å². The smallest absolute Gasteiger partial charge is 0.0386 e. The van der Waals surface area contributed by atoms with Gasteiger partial charge in [-0.2, -0.15) is 0 Å². The van der Waals surface area contributed by atoms with Crippen LogP contribution in [0.15, 0.2) is 0 Å². The number of hydrogen-bond acceptors (Lipinski definition) is 0. The highest BCUT2D eigenvalue weighted by Crippen LogP contribution is 2.37. The van der Waals surface area contributed by atoms with Crippen LogP contribution in [0, 0.1) is 11.8 Å². The van der Waals surface area contributed by atoms with Crippen molar-refractivity contribution in [2.24, 2.45) is 11.8 Å². The summed E-state index contributed by atoms with van der Waals surface area (Å²) in [6.45, 7) is 4.68. The molecule has 84 valence electrons. The Morgan fingerprint density at radius 3 is 2.21 bits per heavy atom. The van der Waals surface area contributed by atoms with Crippen LogP contribution < -0.4 is 0 Å². The van der Waals surface area contributed by atoms with Crippen LogP contribution in [0.25, 0.3) is 0 Å². The van der Waals surface area contributed by atoms with Gasteiger partial charge in [-0.15, -0.1) is 0 Å². The van der Waals surface area contributed by atoms with E-state index in [1.807, 2.05) is 0 Å². The summed E-state index contributed by atoms with van der Waals surface area (Å²) in [5.41, 5.74) is 0. The van der Waals surface area contributed by atoms with Crippen molar-refractivity contribution in [2.75, 3.05) is 0 Å². The third-order valence-corrected chi connectivity index (χ3v) is 4.02. The van der Waals surface area contributed by atoms with Crippen molar-refractivity contribution in [3.8, 4) is 0 Å². The number of rotatable bonds is 8. The Morgan fingerprint density at radius 2 is 1.71 bits per heavy atom. The van der Waals surface area contributed by atoms with Gasteiger partial charge in [0.05, 0.1) is 0 Å². The second-order valence-corrected chi connectivity index (χ2v) is 5.06. The highest BCUT2D eigenvalue weighted by Gasteiger charge is 2.25. The van der Waals surface area contributed by atoms with Crippen molar-refractivity contribution < 1.29 is 0 Å². The molecular formula is C14H28. The van der Waals surface area contributed by atoms with Gasteiger partial charge in [0, 0.05) is 0 Å². The van der Waals surface area contributed by atoms with Gasteiger partial charge in [-0.3, -0.25) is 0 Å². The van der Waals surface area contributed by atoms with Crippen LogP contribution in [0.1, 0.15) is 78.1 Å². The van der Waals surface area contributed by atoms with E-state index >= 15 is 0 Å². The molecule has 0 amide bonds. The molecule has 1 fully saturated rings. The van der Waals surface area contributed by atoms with E-state index in [2.05, 4.69) is 13.8 Å². The van der Waals surface area contributed by atoms with Crippen LogP contribution in [0.2, 0.25) is 0 Å². The minimum absolute atomic E-state index is 1.07. The lowest BCUT2D eigenvalue weighted by Crippen LogP contribution is -2.21. The predicted molar refractivity (Wildman–Crippen MR) is 64.5 cm³/mol. The molecule has 1 aliphatic rings. The molecule has 1 saturated carbocycles. The third-order valence-electron chi connectivity index (χ3n) is 4.02. The molecular weight excluding hydrogens is 168 g/mol. The van der Waals surface area contributed by atoms with Crippen LogP contribution in [-0.2, 0) is 0 Å². The van der Waals surface area contributed by atoms with Gasteiger partial charge >= 0.3 is 0 Å². The Hall–Kier alpha value is 0. The summed E-state index contributed by atoms with van der Waals surface area (Å²) in [5, 5.41) is 0. The Bertz CT molecular complexity index is 124. The van der Waals surface area contributed by atoms with Crippen LogP contribution in [-0.4, -0.2) is 0 Å². The molecule has 0 nitrogen and oxygen atoms in total. The van der Waals surface area contributed by atoms with E-state index in [9.17, 15) is 0 Å². The summed E-state index contributed by atoms with van der Waals surface area (Å²) in [5.74, 6) is 2.19. The van der Waals surface area contributed by atoms with Crippen molar-refractivity contribution in [1.29, 1.82) is 0 Å². The standard InChI is InChI=1S/C14H28/c1-3-5-6-7-8-10-13(4-2)14-11-9-12-14/h13-14H,3-12H2,1-2H3. The average Bonchev–Trinajstić information content (AvgIpc) is 2.12. The predicted octanol–water partition coefficient (Wildman–Crippen LogP) is 5.17. The zero-order valence-corrected chi connectivity index (χ0v) is 10.2. The Labute approximate surface area is 90.5 Å². The molecule has 0 spiro atoms. The SMILES string of the molecule is CCCCCCCC(CC)C1CCC1. The molecule has 0 aromatic rings. The van der Waals surface area contributed by atoms with Gasteiger partial charge in [0.15, 0.2) is 0 Å². The van der Waals surface area contributed by atoms with Gasteiger partial charge in [-0.25, -0.2) is 0 Å². The summed E-state index contributed by atoms with van der Waals surface area (Å²) in [6.07, 6.45) is 14.8. The lowest BCUT2D eigenvalue weighted by molar-refractivity contribution is 0.186. The van der Waals surface area contributed by atoms with Crippen molar-refractivity contribution in [3.05, 3.63) is 0 Å². The lowest BCUT2D eigenvalue weighted by Gasteiger charge is -2.33. The van der Waals surface area contributed by atoms with E-state index in [1.54, 1.807) is 0 Å². The molecule has 0 saturated heterocycles. The number of unbranched alkanes of at least 4 members (excludes halogenated alkanes) is 4. The van der Waals surface area contributed by atoms with E-state index in [0.29, 0.717) is 0 Å². The highest BCUT2D eigenvalue weighted by atomic mass is 14.3. The minimum Gasteiger partial charge on any atom is -0.0654 e. The normalized spacial score (nSPS) is 19.3. The molecule has 0 heterocycles. The number of hydrogen-bond donors (Lipinski definition) is 0. The van der Waals surface area contributed by atoms with Gasteiger partial charge in [0.1, 0.15) is 0 Å². The molecule has 0 aliphatic heterocycles. The first-order chi connectivity index (χ1) is 6.88. The van der Waals surface area contributed by atoms with E-state index in [1.165, 1.54) is 64.2 Å². The highest BCUT2D eigenvalue weighted by molar-refractivity contribution is 4.76. The van der Waals surface area contributed by atoms with Crippen molar-refractivity contribution in [2.45, 2.75) is 78.1 Å². The second-order valence-electron chi connectivity index (χ2n) is 5.06. The summed E-state index contributed by atoms with van der Waals surface area (Å²) in [7, 11) is 0. The molecule has 0 aromatic heterocycles. The summed E-state index contributed by atoms with van der Waals surface area (Å²) >= 11 is 0. The van der Waals surface area contributed by atoms with E-state index < -0.39 is 0 Å². The van der Waals surface area contributed by atoms with Crippen LogP contribution in [0.4, 0.5) is 0 Å². The van der Waals surface area contributed by atoms with Gasteiger partial charge < -0.3 is 0 Å². The Kier molecular flexibility index (Phi) is 6.31. The van der Waals surface area contributed by atoms with Crippen LogP contribution >= 0.6 is 0 Å². The summed E-state index contributed by atoms with van der Waals surface area (Å²) in [6, 6.07) is 0. The fourth-order valence-corrected chi connectivity index (χ4v) is 2.69. The molecule has 1 aliphatic carbocycles. The first kappa shape index (κ1) is 12.1. The van der Waals surface area contributed by atoms with E-state index in [-0.39, 0.29) is 0 Å². The topological polar surface area (TPSA) is 0 Å². The fraction of sp³-hybridized carbons (Fsp3) is 1.00. The van der Waals surface area contributed by atoms with Gasteiger partial charge in [0.25, 0.3) is 0 Å². The van der Waals surface area contributed by atoms with Crippen LogP contribution in [0.3, 0.4) is 0 Å². The van der Waals surface area contributed by atoms with Gasteiger partial charge in [0.2, 0.25) is 0 Å². The Balaban J connectivity index is 1.97. The largest absolute Gasteiger partial charge is 0.0654 e. The molecule has 1 atom stereocenters. The van der Waals surface area contributed by atoms with Gasteiger partial charge in [-0.1, -0.05) is 78.1 Å². The molecule has 0 aromatic carbocycles. The fourth-order valence-electron chi connectivity index (χ4n) is 2.69. The van der Waals surface area contributed by atoms with Gasteiger partial charge in [-0.05, 0) is 11.8 Å². The molecule has 0 heteroatoms. The molecule has 1 rings (SSSR count). The summed E-state index contributed by atoms with van der Waals surface area (Å²) < 4.78 is 0.